The van der Waals surface area contributed by atoms with Gasteiger partial charge < -0.3 is 0 Å². The second-order valence-corrected chi connectivity index (χ2v) is 12.2. The minimum Gasteiger partial charge on any atom is -0.299 e. The Morgan fingerprint density at radius 1 is 1.38 bits per heavy atom. The summed E-state index contributed by atoms with van der Waals surface area (Å²) >= 11 is 0. The van der Waals surface area contributed by atoms with E-state index in [4.69, 9.17) is 5.21 Å². The van der Waals surface area contributed by atoms with E-state index in [2.05, 4.69) is 0 Å². The molecular weight excluding hydrogens is 332 g/mol. The molecule has 7 nitrogen and oxygen atoms in total. The molecule has 0 spiro atoms. The molecule has 3 N–H and O–H groups in total. The molecule has 142 valence electrons. The van der Waals surface area contributed by atoms with Crippen molar-refractivity contribution in [2.45, 2.75) is 53.0 Å². The first-order chi connectivity index (χ1) is 10.6. The number of ketones is 1. The van der Waals surface area contributed by atoms with Gasteiger partial charge in [-0.05, 0) is 40.0 Å². The van der Waals surface area contributed by atoms with Crippen LogP contribution in [-0.4, -0.2) is 54.6 Å². The number of carbonyl (C=O) groups is 2. The smallest absolute Gasteiger partial charge is 0.248 e. The summed E-state index contributed by atoms with van der Waals surface area (Å²) in [5.74, 6) is -1.65. The lowest BCUT2D eigenvalue weighted by Crippen LogP contribution is -2.60. The molecule has 0 bridgehead atoms. The normalized spacial score (nSPS) is 27.2. The summed E-state index contributed by atoms with van der Waals surface area (Å²) < 4.78 is 24.8. The third-order valence-corrected chi connectivity index (χ3v) is 7.03. The van der Waals surface area contributed by atoms with Crippen molar-refractivity contribution in [3.8, 4) is 0 Å². The summed E-state index contributed by atoms with van der Waals surface area (Å²) in [7, 11) is -4.16. The van der Waals surface area contributed by atoms with E-state index in [0.29, 0.717) is 6.42 Å². The van der Waals surface area contributed by atoms with E-state index in [1.54, 1.807) is 26.3 Å². The summed E-state index contributed by atoms with van der Waals surface area (Å²) in [5, 5.41) is 9.16. The minimum absolute atomic E-state index is 0.0431. The lowest BCUT2D eigenvalue weighted by atomic mass is 9.81. The number of amides is 1. The quantitative estimate of drug-likeness (QED) is 0.471. The van der Waals surface area contributed by atoms with Crippen molar-refractivity contribution < 1.29 is 23.6 Å². The van der Waals surface area contributed by atoms with Crippen LogP contribution in [0.4, 0.5) is 0 Å². The number of nitrogens with zero attached hydrogens (tertiary/aromatic N) is 1. The number of hydroxylamine groups is 1. The molecule has 8 heteroatoms. The number of Topliss-reactive ketones (excluding diaryl/α,β-unsaturated/α-hetero) is 1. The van der Waals surface area contributed by atoms with Crippen LogP contribution < -0.4 is 5.48 Å². The molecular formula is C16H32N2O5S. The van der Waals surface area contributed by atoms with E-state index in [1.165, 1.54) is 23.7 Å². The molecule has 1 fully saturated rings. The summed E-state index contributed by atoms with van der Waals surface area (Å²) in [4.78, 5) is 24.7. The first-order valence-corrected chi connectivity index (χ1v) is 10.9. The van der Waals surface area contributed by atoms with Gasteiger partial charge in [0.2, 0.25) is 5.91 Å². The Morgan fingerprint density at radius 2 is 1.88 bits per heavy atom. The van der Waals surface area contributed by atoms with Gasteiger partial charge in [0.25, 0.3) is 0 Å². The van der Waals surface area contributed by atoms with E-state index in [0.717, 1.165) is 6.42 Å². The van der Waals surface area contributed by atoms with E-state index < -0.39 is 32.3 Å². The van der Waals surface area contributed by atoms with Crippen LogP contribution in [0.25, 0.3) is 0 Å². The van der Waals surface area contributed by atoms with Crippen LogP contribution in [0, 0.1) is 17.3 Å². The van der Waals surface area contributed by atoms with Gasteiger partial charge in [0, 0.05) is 30.0 Å². The van der Waals surface area contributed by atoms with E-state index in [9.17, 15) is 18.4 Å². The summed E-state index contributed by atoms with van der Waals surface area (Å²) in [6.07, 6.45) is 3.77. The van der Waals surface area contributed by atoms with Crippen LogP contribution >= 0.6 is 0 Å². The minimum atomic E-state index is -4.16. The highest BCUT2D eigenvalue weighted by atomic mass is 32.3. The van der Waals surface area contributed by atoms with Crippen LogP contribution in [0.3, 0.4) is 0 Å². The van der Waals surface area contributed by atoms with E-state index in [1.807, 2.05) is 6.92 Å². The maximum absolute atomic E-state index is 12.9. The fraction of sp³-hybridized carbons (Fsp3) is 0.875. The molecule has 1 amide bonds. The van der Waals surface area contributed by atoms with Crippen molar-refractivity contribution in [3.05, 3.63) is 0 Å². The van der Waals surface area contributed by atoms with Gasteiger partial charge >= 0.3 is 0 Å². The van der Waals surface area contributed by atoms with Gasteiger partial charge in [-0.15, -0.1) is 9.53 Å². The Bertz CT molecular complexity index is 581. The zero-order valence-corrected chi connectivity index (χ0v) is 16.6. The lowest BCUT2D eigenvalue weighted by Gasteiger charge is -2.53. The third-order valence-electron chi connectivity index (χ3n) is 5.08. The van der Waals surface area contributed by atoms with Crippen molar-refractivity contribution in [1.82, 2.24) is 9.79 Å². The molecule has 0 aromatic heterocycles. The van der Waals surface area contributed by atoms with Crippen LogP contribution in [0.1, 0.15) is 47.5 Å². The van der Waals surface area contributed by atoms with Crippen molar-refractivity contribution in [3.63, 3.8) is 0 Å². The average Bonchev–Trinajstić information content (AvgIpc) is 3.10. The molecule has 24 heavy (non-hydrogen) atoms. The topological polar surface area (TPSA) is 107 Å². The number of rotatable bonds is 7. The summed E-state index contributed by atoms with van der Waals surface area (Å²) in [6, 6.07) is 0. The molecule has 1 rings (SSSR count). The molecule has 1 aliphatic carbocycles. The highest BCUT2D eigenvalue weighted by Crippen LogP contribution is 2.60. The molecule has 3 atom stereocenters. The van der Waals surface area contributed by atoms with E-state index >= 15 is 0 Å². The molecule has 0 heterocycles. The summed E-state index contributed by atoms with van der Waals surface area (Å²) in [6.45, 7) is 8.65. The van der Waals surface area contributed by atoms with Crippen molar-refractivity contribution in [2.24, 2.45) is 17.3 Å². The molecule has 1 unspecified atom stereocenters. The Morgan fingerprint density at radius 3 is 2.12 bits per heavy atom. The standard InChI is InChI=1S/C16H32N2O5S/c1-8-12-9-16(12,11(2)19)13(14(20)17-21)10-18(15(3,4)5)24(6,7,22)23/h12-13,21H,8-10H2,1-7H3,(H,17,20)(H,22,23)/t12-,13-,16?/m1/s1. The Labute approximate surface area is 144 Å². The van der Waals surface area contributed by atoms with Crippen molar-refractivity contribution >= 4 is 21.2 Å². The number of carbonyl (C=O) groups excluding carboxylic acids is 2. The Kier molecular flexibility index (Phi) is 5.44. The lowest BCUT2D eigenvalue weighted by molar-refractivity contribution is -0.141. The summed E-state index contributed by atoms with van der Waals surface area (Å²) in [5.41, 5.74) is 0.0593. The van der Waals surface area contributed by atoms with E-state index in [-0.39, 0.29) is 18.2 Å². The number of nitrogens with one attached hydrogen (secondary N) is 1. The Balaban J connectivity index is 3.36. The largest absolute Gasteiger partial charge is 0.299 e. The molecule has 0 aliphatic heterocycles. The SMILES string of the molecule is CC[C@@H]1CC1(C(C)=O)[C@H](CN(C(C)(C)C)S(C)(C)(=O)O)C(=O)NO. The molecule has 1 aliphatic rings. The first-order valence-electron chi connectivity index (χ1n) is 8.17. The average molecular weight is 365 g/mol. The van der Waals surface area contributed by atoms with Crippen molar-refractivity contribution in [1.29, 1.82) is 0 Å². The van der Waals surface area contributed by atoms with Crippen LogP contribution in [0.5, 0.6) is 0 Å². The molecule has 0 saturated heterocycles. The predicted molar refractivity (Wildman–Crippen MR) is 94.0 cm³/mol. The van der Waals surface area contributed by atoms with Gasteiger partial charge in [-0.1, -0.05) is 13.3 Å². The maximum atomic E-state index is 12.9. The highest BCUT2D eigenvalue weighted by molar-refractivity contribution is 8.11. The number of hydrogen-bond acceptors (Lipinski definition) is 4. The van der Waals surface area contributed by atoms with Gasteiger partial charge in [-0.2, -0.15) is 4.21 Å². The monoisotopic (exact) mass is 364 g/mol. The molecule has 0 radical (unpaired) electrons. The van der Waals surface area contributed by atoms with Gasteiger partial charge in [-0.3, -0.25) is 19.3 Å². The van der Waals surface area contributed by atoms with Crippen LogP contribution in [0.2, 0.25) is 0 Å². The second kappa shape index (κ2) is 6.16. The maximum Gasteiger partial charge on any atom is 0.248 e. The molecule has 0 aromatic carbocycles. The van der Waals surface area contributed by atoms with Gasteiger partial charge in [0.15, 0.2) is 0 Å². The highest BCUT2D eigenvalue weighted by Gasteiger charge is 2.64. The Hall–Kier alpha value is -0.830. The fourth-order valence-corrected chi connectivity index (χ4v) is 6.09. The third kappa shape index (κ3) is 4.04. The zero-order valence-electron chi connectivity index (χ0n) is 15.8. The van der Waals surface area contributed by atoms with Gasteiger partial charge in [0.1, 0.15) is 5.78 Å². The number of hydrogen-bond donors (Lipinski definition) is 3. The van der Waals surface area contributed by atoms with Crippen molar-refractivity contribution in [2.75, 3.05) is 19.1 Å². The molecule has 1 saturated carbocycles. The zero-order chi connectivity index (χ0) is 19.2. The van der Waals surface area contributed by atoms with Crippen LogP contribution in [0.15, 0.2) is 0 Å². The molecule has 0 aromatic rings. The van der Waals surface area contributed by atoms with Crippen LogP contribution in [-0.2, 0) is 19.1 Å². The second-order valence-electron chi connectivity index (χ2n) is 8.37. The first kappa shape index (κ1) is 21.2. The van der Waals surface area contributed by atoms with Gasteiger partial charge in [0.05, 0.1) is 5.92 Å². The van der Waals surface area contributed by atoms with Gasteiger partial charge in [-0.25, -0.2) is 9.79 Å². The fourth-order valence-electron chi connectivity index (χ4n) is 3.95. The predicted octanol–water partition coefficient (Wildman–Crippen LogP) is 1.68.